The number of carbonyl (C=O) groups excluding carboxylic acids is 1. The summed E-state index contributed by atoms with van der Waals surface area (Å²) in [6.07, 6.45) is 1.40. The Morgan fingerprint density at radius 2 is 1.64 bits per heavy atom. The molecule has 5 aromatic rings. The summed E-state index contributed by atoms with van der Waals surface area (Å²) in [5, 5.41) is 5.75. The van der Waals surface area contributed by atoms with Crippen molar-refractivity contribution in [3.8, 4) is 0 Å². The molecule has 164 valence electrons. The van der Waals surface area contributed by atoms with Gasteiger partial charge in [-0.2, -0.15) is 0 Å². The maximum Gasteiger partial charge on any atom is 0.256 e. The van der Waals surface area contributed by atoms with E-state index in [1.165, 1.54) is 16.7 Å². The van der Waals surface area contributed by atoms with E-state index in [4.69, 9.17) is 0 Å². The monoisotopic (exact) mass is 447 g/mol. The molecule has 0 atom stereocenters. The molecule has 1 amide bonds. The number of nitrogens with zero attached hydrogens (tertiary/aromatic N) is 3. The molecule has 0 aliphatic heterocycles. The number of carbonyl (C=O) groups is 1. The fourth-order valence-corrected chi connectivity index (χ4v) is 3.53. The van der Waals surface area contributed by atoms with Crippen LogP contribution in [0.3, 0.4) is 0 Å². The van der Waals surface area contributed by atoms with Crippen LogP contribution in [-0.2, 0) is 6.54 Å². The molecule has 9 heteroatoms. The highest BCUT2D eigenvalue weighted by molar-refractivity contribution is 6.04. The Morgan fingerprint density at radius 1 is 0.909 bits per heavy atom. The van der Waals surface area contributed by atoms with E-state index >= 15 is 0 Å². The summed E-state index contributed by atoms with van der Waals surface area (Å²) >= 11 is 0. The van der Waals surface area contributed by atoms with Crippen molar-refractivity contribution in [2.75, 3.05) is 10.6 Å². The fraction of sp³-hybridized carbons (Fsp3) is 0.0417. The van der Waals surface area contributed by atoms with Crippen LogP contribution in [0.15, 0.2) is 72.9 Å². The molecule has 0 unspecified atom stereocenters. The SMILES string of the molecule is O=C(Nc1cnc2c(NCc3ccccc3F)nc3cc(F)c(F)cc3n12)c1ccccc1. The van der Waals surface area contributed by atoms with Crippen LogP contribution < -0.4 is 10.6 Å². The molecule has 0 aliphatic carbocycles. The molecule has 6 nitrogen and oxygen atoms in total. The molecule has 33 heavy (non-hydrogen) atoms. The second kappa shape index (κ2) is 8.27. The van der Waals surface area contributed by atoms with E-state index in [9.17, 15) is 18.0 Å². The number of hydrogen-bond donors (Lipinski definition) is 2. The standard InChI is InChI=1S/C24H16F3N5O/c25-16-9-5-4-8-15(16)12-28-22-23-29-13-21(31-24(33)14-6-2-1-3-7-14)32(23)20-11-18(27)17(26)10-19(20)30-22/h1-11,13H,12H2,(H,28,30)(H,31,33). The molecular formula is C24H16F3N5O. The number of halogens is 3. The smallest absolute Gasteiger partial charge is 0.256 e. The molecule has 0 saturated heterocycles. The van der Waals surface area contributed by atoms with E-state index in [1.807, 2.05) is 0 Å². The summed E-state index contributed by atoms with van der Waals surface area (Å²) in [5.41, 5.74) is 1.41. The van der Waals surface area contributed by atoms with Crippen LogP contribution in [0.2, 0.25) is 0 Å². The average Bonchev–Trinajstić information content (AvgIpc) is 3.24. The number of imidazole rings is 1. The number of anilines is 2. The number of amides is 1. The van der Waals surface area contributed by atoms with Crippen LogP contribution in [0.1, 0.15) is 15.9 Å². The van der Waals surface area contributed by atoms with Crippen LogP contribution in [-0.4, -0.2) is 20.3 Å². The predicted octanol–water partition coefficient (Wildman–Crippen LogP) is 5.16. The number of aromatic nitrogens is 3. The maximum absolute atomic E-state index is 14.1. The lowest BCUT2D eigenvalue weighted by atomic mass is 10.2. The fourth-order valence-electron chi connectivity index (χ4n) is 3.53. The first kappa shape index (κ1) is 20.5. The van der Waals surface area contributed by atoms with Gasteiger partial charge < -0.3 is 10.6 Å². The molecule has 3 aromatic carbocycles. The average molecular weight is 447 g/mol. The van der Waals surface area contributed by atoms with E-state index in [0.717, 1.165) is 12.1 Å². The summed E-state index contributed by atoms with van der Waals surface area (Å²) in [5.74, 6) is -2.46. The van der Waals surface area contributed by atoms with Crippen LogP contribution >= 0.6 is 0 Å². The van der Waals surface area contributed by atoms with E-state index in [2.05, 4.69) is 20.6 Å². The quantitative estimate of drug-likeness (QED) is 0.390. The Hall–Kier alpha value is -4.40. The first-order valence-corrected chi connectivity index (χ1v) is 10.0. The molecule has 2 heterocycles. The second-order valence-corrected chi connectivity index (χ2v) is 7.28. The normalized spacial score (nSPS) is 11.1. The number of nitrogens with one attached hydrogen (secondary N) is 2. The number of rotatable bonds is 5. The van der Waals surface area contributed by atoms with Crippen molar-refractivity contribution >= 4 is 34.2 Å². The number of benzene rings is 3. The highest BCUT2D eigenvalue weighted by Gasteiger charge is 2.18. The van der Waals surface area contributed by atoms with E-state index in [-0.39, 0.29) is 34.9 Å². The van der Waals surface area contributed by atoms with Crippen LogP contribution in [0.4, 0.5) is 24.8 Å². The van der Waals surface area contributed by atoms with Crippen molar-refractivity contribution in [3.63, 3.8) is 0 Å². The zero-order valence-electron chi connectivity index (χ0n) is 17.0. The number of fused-ring (bicyclic) bond motifs is 3. The lowest BCUT2D eigenvalue weighted by molar-refractivity contribution is 0.102. The van der Waals surface area contributed by atoms with Crippen molar-refractivity contribution in [2.45, 2.75) is 6.54 Å². The van der Waals surface area contributed by atoms with Crippen LogP contribution in [0.5, 0.6) is 0 Å². The lowest BCUT2D eigenvalue weighted by Gasteiger charge is -2.12. The van der Waals surface area contributed by atoms with Crippen molar-refractivity contribution in [3.05, 3.63) is 102 Å². The first-order valence-electron chi connectivity index (χ1n) is 10.0. The molecule has 0 spiro atoms. The third kappa shape index (κ3) is 3.84. The minimum Gasteiger partial charge on any atom is -0.363 e. The van der Waals surface area contributed by atoms with Crippen molar-refractivity contribution in [1.82, 2.24) is 14.4 Å². The van der Waals surface area contributed by atoms with Gasteiger partial charge in [-0.05, 0) is 18.2 Å². The van der Waals surface area contributed by atoms with Gasteiger partial charge >= 0.3 is 0 Å². The van der Waals surface area contributed by atoms with Gasteiger partial charge in [0.25, 0.3) is 5.91 Å². The molecule has 2 N–H and O–H groups in total. The topological polar surface area (TPSA) is 71.3 Å². The molecule has 0 fully saturated rings. The van der Waals surface area contributed by atoms with Gasteiger partial charge in [0, 0.05) is 29.8 Å². The first-order chi connectivity index (χ1) is 16.0. The Balaban J connectivity index is 1.61. The zero-order valence-corrected chi connectivity index (χ0v) is 17.0. The molecule has 0 saturated carbocycles. The van der Waals surface area contributed by atoms with Gasteiger partial charge in [0.15, 0.2) is 23.1 Å². The van der Waals surface area contributed by atoms with Gasteiger partial charge in [0.2, 0.25) is 0 Å². The molecule has 0 aliphatic rings. The summed E-state index contributed by atoms with van der Waals surface area (Å²) in [4.78, 5) is 21.4. The summed E-state index contributed by atoms with van der Waals surface area (Å²) in [7, 11) is 0. The van der Waals surface area contributed by atoms with E-state index in [0.29, 0.717) is 11.1 Å². The highest BCUT2D eigenvalue weighted by Crippen LogP contribution is 2.27. The van der Waals surface area contributed by atoms with Crippen LogP contribution in [0.25, 0.3) is 16.7 Å². The molecule has 0 bridgehead atoms. The number of hydrogen-bond acceptors (Lipinski definition) is 4. The molecule has 5 rings (SSSR count). The van der Waals surface area contributed by atoms with Gasteiger partial charge in [-0.3, -0.25) is 9.20 Å². The predicted molar refractivity (Wildman–Crippen MR) is 119 cm³/mol. The van der Waals surface area contributed by atoms with Gasteiger partial charge in [-0.1, -0.05) is 36.4 Å². The van der Waals surface area contributed by atoms with Gasteiger partial charge in [-0.15, -0.1) is 0 Å². The van der Waals surface area contributed by atoms with E-state index in [1.54, 1.807) is 48.5 Å². The zero-order chi connectivity index (χ0) is 22.9. The summed E-state index contributed by atoms with van der Waals surface area (Å²) in [6.45, 7) is 0.0864. The largest absolute Gasteiger partial charge is 0.363 e. The molecule has 0 radical (unpaired) electrons. The highest BCUT2D eigenvalue weighted by atomic mass is 19.2. The van der Waals surface area contributed by atoms with Crippen molar-refractivity contribution in [1.29, 1.82) is 0 Å². The maximum atomic E-state index is 14.1. The third-order valence-corrected chi connectivity index (χ3v) is 5.15. The minimum atomic E-state index is -1.07. The van der Waals surface area contributed by atoms with E-state index < -0.39 is 23.4 Å². The lowest BCUT2D eigenvalue weighted by Crippen LogP contribution is -2.14. The Kier molecular flexibility index (Phi) is 5.14. The third-order valence-electron chi connectivity index (χ3n) is 5.15. The van der Waals surface area contributed by atoms with Gasteiger partial charge in [0.1, 0.15) is 11.6 Å². The van der Waals surface area contributed by atoms with Crippen LogP contribution in [0, 0.1) is 17.5 Å². The van der Waals surface area contributed by atoms with Gasteiger partial charge in [0.05, 0.1) is 17.2 Å². The summed E-state index contributed by atoms with van der Waals surface area (Å²) < 4.78 is 43.6. The van der Waals surface area contributed by atoms with Crippen molar-refractivity contribution in [2.24, 2.45) is 0 Å². The minimum absolute atomic E-state index is 0.0864. The summed E-state index contributed by atoms with van der Waals surface area (Å²) in [6, 6.07) is 16.7. The Bertz CT molecular complexity index is 1500. The molecular weight excluding hydrogens is 431 g/mol. The second-order valence-electron chi connectivity index (χ2n) is 7.28. The van der Waals surface area contributed by atoms with Gasteiger partial charge in [-0.25, -0.2) is 23.1 Å². The van der Waals surface area contributed by atoms with Crippen molar-refractivity contribution < 1.29 is 18.0 Å². The Morgan fingerprint density at radius 3 is 2.42 bits per heavy atom. The molecule has 2 aromatic heterocycles. The Labute approximate surface area is 185 Å².